The molecule has 0 bridgehead atoms. The fraction of sp³-hybridized carbons (Fsp3) is 0.208. The SMILES string of the molecule is NN=Cc1ccc(-c2ccc(N3CCN(C(C(=O)O)c4ccc(F)cc4)CC3)nc2)cc1. The highest BCUT2D eigenvalue weighted by Crippen LogP contribution is 2.26. The van der Waals surface area contributed by atoms with Crippen molar-refractivity contribution in [2.24, 2.45) is 10.9 Å². The predicted octanol–water partition coefficient (Wildman–Crippen LogP) is 3.13. The van der Waals surface area contributed by atoms with E-state index in [2.05, 4.69) is 15.0 Å². The van der Waals surface area contributed by atoms with E-state index in [1.54, 1.807) is 6.21 Å². The van der Waals surface area contributed by atoms with Gasteiger partial charge in [-0.25, -0.2) is 9.37 Å². The Morgan fingerprint density at radius 3 is 2.22 bits per heavy atom. The van der Waals surface area contributed by atoms with E-state index < -0.39 is 12.0 Å². The molecular formula is C24H24FN5O2. The Morgan fingerprint density at radius 2 is 1.66 bits per heavy atom. The van der Waals surface area contributed by atoms with Gasteiger partial charge in [0.25, 0.3) is 0 Å². The number of aromatic nitrogens is 1. The minimum absolute atomic E-state index is 0.377. The van der Waals surface area contributed by atoms with Gasteiger partial charge >= 0.3 is 5.97 Å². The van der Waals surface area contributed by atoms with Crippen molar-refractivity contribution < 1.29 is 14.3 Å². The summed E-state index contributed by atoms with van der Waals surface area (Å²) in [5.74, 6) is 4.73. The average molecular weight is 433 g/mol. The average Bonchev–Trinajstić information content (AvgIpc) is 2.82. The Labute approximate surface area is 185 Å². The number of halogens is 1. The summed E-state index contributed by atoms with van der Waals surface area (Å²) in [6, 6.07) is 16.8. The molecule has 0 saturated carbocycles. The van der Waals surface area contributed by atoms with Gasteiger partial charge in [0.05, 0.1) is 6.21 Å². The van der Waals surface area contributed by atoms with Crippen LogP contribution >= 0.6 is 0 Å². The summed E-state index contributed by atoms with van der Waals surface area (Å²) in [5, 5.41) is 13.3. The Bertz CT molecular complexity index is 1080. The Morgan fingerprint density at radius 1 is 1.00 bits per heavy atom. The van der Waals surface area contributed by atoms with Gasteiger partial charge in [-0.1, -0.05) is 36.4 Å². The fourth-order valence-electron chi connectivity index (χ4n) is 3.96. The van der Waals surface area contributed by atoms with Gasteiger partial charge in [0, 0.05) is 37.9 Å². The van der Waals surface area contributed by atoms with Crippen molar-refractivity contribution in [1.82, 2.24) is 9.88 Å². The molecule has 0 aliphatic carbocycles. The first-order valence-corrected chi connectivity index (χ1v) is 10.3. The van der Waals surface area contributed by atoms with Crippen LogP contribution in [0.25, 0.3) is 11.1 Å². The number of hydrazone groups is 1. The zero-order valence-electron chi connectivity index (χ0n) is 17.4. The van der Waals surface area contributed by atoms with E-state index >= 15 is 0 Å². The summed E-state index contributed by atoms with van der Waals surface area (Å²) < 4.78 is 13.2. The lowest BCUT2D eigenvalue weighted by Gasteiger charge is -2.38. The molecule has 32 heavy (non-hydrogen) atoms. The highest BCUT2D eigenvalue weighted by atomic mass is 19.1. The van der Waals surface area contributed by atoms with Crippen LogP contribution in [0, 0.1) is 5.82 Å². The first-order valence-electron chi connectivity index (χ1n) is 10.3. The Kier molecular flexibility index (Phi) is 6.42. The summed E-state index contributed by atoms with van der Waals surface area (Å²) in [6.45, 7) is 2.46. The first kappa shape index (κ1) is 21.5. The molecule has 0 radical (unpaired) electrons. The monoisotopic (exact) mass is 433 g/mol. The molecule has 1 unspecified atom stereocenters. The summed E-state index contributed by atoms with van der Waals surface area (Å²) in [7, 11) is 0. The highest BCUT2D eigenvalue weighted by Gasteiger charge is 2.30. The number of aliphatic carboxylic acids is 1. The number of carboxylic acids is 1. The van der Waals surface area contributed by atoms with E-state index in [0.29, 0.717) is 31.7 Å². The quantitative estimate of drug-likeness (QED) is 0.352. The normalized spacial score (nSPS) is 15.7. The maximum atomic E-state index is 13.2. The second kappa shape index (κ2) is 9.57. The van der Waals surface area contributed by atoms with E-state index in [1.165, 1.54) is 24.3 Å². The van der Waals surface area contributed by atoms with Gasteiger partial charge < -0.3 is 15.8 Å². The number of nitrogens with zero attached hydrogens (tertiary/aromatic N) is 4. The predicted molar refractivity (Wildman–Crippen MR) is 122 cm³/mol. The van der Waals surface area contributed by atoms with Crippen molar-refractivity contribution in [1.29, 1.82) is 0 Å². The molecule has 3 aromatic rings. The molecule has 1 aliphatic rings. The molecule has 7 nitrogen and oxygen atoms in total. The van der Waals surface area contributed by atoms with Crippen molar-refractivity contribution in [3.63, 3.8) is 0 Å². The van der Waals surface area contributed by atoms with Crippen molar-refractivity contribution in [2.75, 3.05) is 31.1 Å². The molecule has 8 heteroatoms. The van der Waals surface area contributed by atoms with Gasteiger partial charge in [0.2, 0.25) is 0 Å². The fourth-order valence-corrected chi connectivity index (χ4v) is 3.96. The van der Waals surface area contributed by atoms with Gasteiger partial charge in [0.15, 0.2) is 0 Å². The second-order valence-corrected chi connectivity index (χ2v) is 7.62. The number of hydrogen-bond acceptors (Lipinski definition) is 6. The number of carbonyl (C=O) groups is 1. The summed E-state index contributed by atoms with van der Waals surface area (Å²) in [4.78, 5) is 20.6. The molecule has 0 amide bonds. The molecule has 0 spiro atoms. The van der Waals surface area contributed by atoms with Crippen LogP contribution in [0.3, 0.4) is 0 Å². The molecule has 1 aliphatic heterocycles. The molecule has 2 aromatic carbocycles. The van der Waals surface area contributed by atoms with Gasteiger partial charge in [0.1, 0.15) is 17.7 Å². The molecule has 3 N–H and O–H groups in total. The van der Waals surface area contributed by atoms with E-state index in [-0.39, 0.29) is 5.82 Å². The smallest absolute Gasteiger partial charge is 0.325 e. The summed E-state index contributed by atoms with van der Waals surface area (Å²) in [6.07, 6.45) is 3.43. The van der Waals surface area contributed by atoms with Crippen LogP contribution in [-0.4, -0.2) is 53.4 Å². The van der Waals surface area contributed by atoms with E-state index in [1.807, 2.05) is 47.5 Å². The van der Waals surface area contributed by atoms with E-state index in [9.17, 15) is 14.3 Å². The van der Waals surface area contributed by atoms with Crippen LogP contribution in [-0.2, 0) is 4.79 Å². The summed E-state index contributed by atoms with van der Waals surface area (Å²) >= 11 is 0. The number of nitrogens with two attached hydrogens (primary N) is 1. The molecule has 1 aromatic heterocycles. The van der Waals surface area contributed by atoms with Gasteiger partial charge in [-0.3, -0.25) is 9.69 Å². The number of hydrogen-bond donors (Lipinski definition) is 2. The van der Waals surface area contributed by atoms with Crippen molar-refractivity contribution >= 4 is 18.0 Å². The molecule has 1 atom stereocenters. The maximum Gasteiger partial charge on any atom is 0.325 e. The lowest BCUT2D eigenvalue weighted by atomic mass is 10.0. The topological polar surface area (TPSA) is 95.0 Å². The van der Waals surface area contributed by atoms with Crippen LogP contribution in [0.4, 0.5) is 10.2 Å². The number of carboxylic acid groups (broad SMARTS) is 1. The van der Waals surface area contributed by atoms with Gasteiger partial charge in [-0.15, -0.1) is 0 Å². The molecule has 1 saturated heterocycles. The third-order valence-corrected chi connectivity index (χ3v) is 5.64. The van der Waals surface area contributed by atoms with Crippen LogP contribution in [0.2, 0.25) is 0 Å². The van der Waals surface area contributed by atoms with Crippen molar-refractivity contribution in [2.45, 2.75) is 6.04 Å². The molecule has 1 fully saturated rings. The van der Waals surface area contributed by atoms with Gasteiger partial charge in [-0.2, -0.15) is 5.10 Å². The van der Waals surface area contributed by atoms with Crippen LogP contribution < -0.4 is 10.7 Å². The minimum atomic E-state index is -0.934. The Hall–Kier alpha value is -3.78. The van der Waals surface area contributed by atoms with Crippen LogP contribution in [0.1, 0.15) is 17.2 Å². The number of benzene rings is 2. The molecule has 164 valence electrons. The summed E-state index contributed by atoms with van der Waals surface area (Å²) in [5.41, 5.74) is 3.56. The third kappa shape index (κ3) is 4.76. The number of pyridine rings is 1. The molecular weight excluding hydrogens is 409 g/mol. The van der Waals surface area contributed by atoms with E-state index in [4.69, 9.17) is 5.84 Å². The van der Waals surface area contributed by atoms with Gasteiger partial charge in [-0.05, 0) is 41.0 Å². The second-order valence-electron chi connectivity index (χ2n) is 7.62. The number of rotatable bonds is 6. The van der Waals surface area contributed by atoms with E-state index in [0.717, 1.165) is 22.5 Å². The Balaban J connectivity index is 1.41. The van der Waals surface area contributed by atoms with Crippen LogP contribution in [0.15, 0.2) is 72.0 Å². The van der Waals surface area contributed by atoms with Crippen molar-refractivity contribution in [3.8, 4) is 11.1 Å². The zero-order valence-corrected chi connectivity index (χ0v) is 17.4. The molecule has 4 rings (SSSR count). The molecule has 2 heterocycles. The maximum absolute atomic E-state index is 13.2. The number of anilines is 1. The first-order chi connectivity index (χ1) is 15.5. The zero-order chi connectivity index (χ0) is 22.5. The van der Waals surface area contributed by atoms with Crippen molar-refractivity contribution in [3.05, 3.63) is 83.8 Å². The number of piperazine rings is 1. The lowest BCUT2D eigenvalue weighted by Crippen LogP contribution is -2.49. The minimum Gasteiger partial charge on any atom is -0.480 e. The highest BCUT2D eigenvalue weighted by molar-refractivity contribution is 5.80. The third-order valence-electron chi connectivity index (χ3n) is 5.64. The largest absolute Gasteiger partial charge is 0.480 e. The standard InChI is InChI=1S/C24H24FN5O2/c25-21-8-5-19(6-9-21)23(24(31)32)30-13-11-29(12-14-30)22-10-7-20(16-27-22)18-3-1-17(2-4-18)15-28-26/h1-10,15-16,23H,11-14,26H2,(H,31,32). The lowest BCUT2D eigenvalue weighted by molar-refractivity contribution is -0.143. The van der Waals surface area contributed by atoms with Crippen LogP contribution in [0.5, 0.6) is 0 Å².